The fourth-order valence-electron chi connectivity index (χ4n) is 2.64. The fourth-order valence-corrected chi connectivity index (χ4v) is 3.63. The number of carbonyl (C=O) groups is 1. The molecule has 1 unspecified atom stereocenters. The average molecular weight is 444 g/mol. The van der Waals surface area contributed by atoms with E-state index in [1.807, 2.05) is 6.92 Å². The number of rotatable bonds is 8. The Balaban J connectivity index is 0.00000450. The van der Waals surface area contributed by atoms with E-state index in [-0.39, 0.29) is 18.9 Å². The molecule has 0 spiro atoms. The Hall–Kier alpha value is -1.48. The van der Waals surface area contributed by atoms with Crippen LogP contribution in [-0.2, 0) is 12.4 Å². The van der Waals surface area contributed by atoms with Crippen LogP contribution in [0.3, 0.4) is 0 Å². The molecule has 0 N–H and O–H groups in total. The first-order valence-electron chi connectivity index (χ1n) is 8.85. The molecule has 0 aliphatic heterocycles. The summed E-state index contributed by atoms with van der Waals surface area (Å²) in [5, 5.41) is 0.320. The number of carbonyl (C=O) groups excluding carboxylic acids is 1. The molecule has 0 aromatic heterocycles. The molecule has 0 amide bonds. The van der Waals surface area contributed by atoms with Gasteiger partial charge >= 0.3 is 31.2 Å². The molecule has 0 aliphatic rings. The Labute approximate surface area is 184 Å². The van der Waals surface area contributed by atoms with Crippen LogP contribution in [0.15, 0.2) is 42.5 Å². The molecule has 30 heavy (non-hydrogen) atoms. The molecule has 0 heterocycles. The van der Waals surface area contributed by atoms with Gasteiger partial charge in [-0.2, -0.15) is 26.3 Å². The van der Waals surface area contributed by atoms with Gasteiger partial charge in [0, 0.05) is 5.56 Å². The Morgan fingerprint density at radius 3 is 1.90 bits per heavy atom. The Kier molecular flexibility index (Phi) is 9.94. The van der Waals surface area contributed by atoms with E-state index in [2.05, 4.69) is 0 Å². The zero-order chi connectivity index (χ0) is 21.7. The maximum atomic E-state index is 13.2. The number of hydrogen-bond acceptors (Lipinski definition) is 2. The van der Waals surface area contributed by atoms with Crippen LogP contribution in [0.5, 0.6) is 5.75 Å². The molecule has 0 aliphatic carbocycles. The van der Waals surface area contributed by atoms with Crippen molar-refractivity contribution in [2.24, 2.45) is 0 Å². The number of ether oxygens (including phenoxy) is 1. The van der Waals surface area contributed by atoms with Crippen LogP contribution in [-0.4, -0.2) is 31.0 Å². The van der Waals surface area contributed by atoms with E-state index in [0.717, 1.165) is 19.3 Å². The summed E-state index contributed by atoms with van der Waals surface area (Å²) >= 11 is 0. The van der Waals surface area contributed by atoms with E-state index < -0.39 is 43.1 Å². The van der Waals surface area contributed by atoms with E-state index in [1.54, 1.807) is 12.1 Å². The Morgan fingerprint density at radius 1 is 0.900 bits per heavy atom. The number of alkyl halides is 6. The molecule has 2 rings (SSSR count). The van der Waals surface area contributed by atoms with Crippen LogP contribution >= 0.6 is 8.58 Å². The minimum atomic E-state index is -5.08. The summed E-state index contributed by atoms with van der Waals surface area (Å²) < 4.78 is 84.8. The molecule has 0 bridgehead atoms. The summed E-state index contributed by atoms with van der Waals surface area (Å²) in [6, 6.07) is 7.64. The van der Waals surface area contributed by atoms with Crippen molar-refractivity contribution in [3.8, 4) is 5.75 Å². The molecular formula is C20H20F6LiO2P. The Bertz CT molecular complexity index is 802. The van der Waals surface area contributed by atoms with Crippen LogP contribution in [0.2, 0.25) is 0 Å². The van der Waals surface area contributed by atoms with Crippen LogP contribution in [0.25, 0.3) is 0 Å². The SMILES string of the molecule is CCCCCOc1ccc(PC(=O)c2c(C(F)(F)F)cccc2C(F)(F)F)cc1.[LiH]. The predicted molar refractivity (Wildman–Crippen MR) is 107 cm³/mol. The van der Waals surface area contributed by atoms with E-state index >= 15 is 0 Å². The first kappa shape index (κ1) is 26.6. The average Bonchev–Trinajstić information content (AvgIpc) is 2.64. The molecule has 1 atom stereocenters. The molecule has 160 valence electrons. The zero-order valence-electron chi connectivity index (χ0n) is 15.5. The van der Waals surface area contributed by atoms with E-state index in [0.29, 0.717) is 35.9 Å². The van der Waals surface area contributed by atoms with Gasteiger partial charge in [0.15, 0.2) is 5.52 Å². The molecule has 0 fully saturated rings. The second-order valence-corrected chi connectivity index (χ2v) is 7.54. The van der Waals surface area contributed by atoms with Crippen molar-refractivity contribution in [3.63, 3.8) is 0 Å². The van der Waals surface area contributed by atoms with Crippen molar-refractivity contribution >= 4 is 38.3 Å². The third-order valence-corrected chi connectivity index (χ3v) is 5.13. The van der Waals surface area contributed by atoms with E-state index in [9.17, 15) is 31.1 Å². The molecule has 2 aromatic rings. The second-order valence-electron chi connectivity index (χ2n) is 6.26. The molecule has 0 saturated carbocycles. The first-order chi connectivity index (χ1) is 13.5. The monoisotopic (exact) mass is 444 g/mol. The summed E-state index contributed by atoms with van der Waals surface area (Å²) in [4.78, 5) is 12.5. The fraction of sp³-hybridized carbons (Fsp3) is 0.350. The van der Waals surface area contributed by atoms with Crippen LogP contribution in [0, 0.1) is 0 Å². The van der Waals surface area contributed by atoms with E-state index in [4.69, 9.17) is 4.74 Å². The van der Waals surface area contributed by atoms with Gasteiger partial charge in [-0.05, 0) is 44.6 Å². The summed E-state index contributed by atoms with van der Waals surface area (Å²) in [7, 11) is -0.889. The number of unbranched alkanes of at least 4 members (excludes halogenated alkanes) is 2. The van der Waals surface area contributed by atoms with Crippen molar-refractivity contribution in [2.75, 3.05) is 6.61 Å². The van der Waals surface area contributed by atoms with Gasteiger partial charge in [0.05, 0.1) is 17.7 Å². The maximum absolute atomic E-state index is 13.2. The van der Waals surface area contributed by atoms with Gasteiger partial charge < -0.3 is 4.74 Å². The third-order valence-electron chi connectivity index (χ3n) is 4.03. The van der Waals surface area contributed by atoms with Crippen LogP contribution < -0.4 is 10.0 Å². The van der Waals surface area contributed by atoms with Crippen molar-refractivity contribution < 1.29 is 35.9 Å². The van der Waals surface area contributed by atoms with Gasteiger partial charge in [-0.15, -0.1) is 0 Å². The quantitative estimate of drug-likeness (QED) is 0.223. The zero-order valence-corrected chi connectivity index (χ0v) is 16.5. The normalized spacial score (nSPS) is 12.1. The second kappa shape index (κ2) is 11.2. The van der Waals surface area contributed by atoms with Gasteiger partial charge in [-0.1, -0.05) is 38.0 Å². The minimum absolute atomic E-state index is 0. The van der Waals surface area contributed by atoms with Crippen molar-refractivity contribution in [1.29, 1.82) is 0 Å². The van der Waals surface area contributed by atoms with Crippen LogP contribution in [0.1, 0.15) is 47.7 Å². The van der Waals surface area contributed by atoms with Gasteiger partial charge in [0.25, 0.3) is 0 Å². The molecule has 2 aromatic carbocycles. The molecule has 0 radical (unpaired) electrons. The Morgan fingerprint density at radius 2 is 1.43 bits per heavy atom. The number of hydrogen-bond donors (Lipinski definition) is 0. The first-order valence-corrected chi connectivity index (χ1v) is 9.85. The third kappa shape index (κ3) is 7.34. The van der Waals surface area contributed by atoms with Crippen molar-refractivity contribution in [3.05, 3.63) is 59.2 Å². The number of benzene rings is 2. The standard InChI is InChI=1S/C20H19F6O2P.Li.H/c1-2-3-4-12-28-13-8-10-14(11-9-13)29-18(27)17-15(19(21,22)23)6-5-7-16(17)20(24,25)26;;/h5-11,29H,2-4,12H2,1H3;;. The molecular weight excluding hydrogens is 424 g/mol. The summed E-state index contributed by atoms with van der Waals surface area (Å²) in [5.41, 5.74) is -5.73. The summed E-state index contributed by atoms with van der Waals surface area (Å²) in [6.07, 6.45) is -7.24. The van der Waals surface area contributed by atoms with Crippen molar-refractivity contribution in [2.45, 2.75) is 38.5 Å². The van der Waals surface area contributed by atoms with E-state index in [1.165, 1.54) is 12.1 Å². The van der Waals surface area contributed by atoms with Crippen LogP contribution in [0.4, 0.5) is 26.3 Å². The molecule has 2 nitrogen and oxygen atoms in total. The summed E-state index contributed by atoms with van der Waals surface area (Å²) in [6.45, 7) is 2.55. The van der Waals surface area contributed by atoms with Gasteiger partial charge in [0.1, 0.15) is 5.75 Å². The molecule has 10 heteroatoms. The van der Waals surface area contributed by atoms with Crippen molar-refractivity contribution in [1.82, 2.24) is 0 Å². The van der Waals surface area contributed by atoms with Gasteiger partial charge in [-0.25, -0.2) is 0 Å². The van der Waals surface area contributed by atoms with Gasteiger partial charge in [-0.3, -0.25) is 4.79 Å². The topological polar surface area (TPSA) is 26.3 Å². The van der Waals surface area contributed by atoms with Gasteiger partial charge in [0.2, 0.25) is 0 Å². The predicted octanol–water partition coefficient (Wildman–Crippen LogP) is 5.79. The number of halogens is 6. The summed E-state index contributed by atoms with van der Waals surface area (Å²) in [5.74, 6) is 0.522. The molecule has 0 saturated heterocycles.